The van der Waals surface area contributed by atoms with Crippen LogP contribution in [0, 0.1) is 6.92 Å². The minimum atomic E-state index is -0.0227. The number of thiazole rings is 1. The summed E-state index contributed by atoms with van der Waals surface area (Å²) >= 11 is 1.64. The molecule has 0 unspecified atom stereocenters. The van der Waals surface area contributed by atoms with Gasteiger partial charge in [0.05, 0.1) is 17.1 Å². The lowest BCUT2D eigenvalue weighted by molar-refractivity contribution is -0.115. The molecule has 1 amide bonds. The number of carbonyl (C=O) groups is 1. The first kappa shape index (κ1) is 21.7. The van der Waals surface area contributed by atoms with Crippen LogP contribution in [0.5, 0.6) is 0 Å². The van der Waals surface area contributed by atoms with Crippen molar-refractivity contribution in [2.75, 3.05) is 24.3 Å². The van der Waals surface area contributed by atoms with E-state index in [1.807, 2.05) is 79.8 Å². The van der Waals surface area contributed by atoms with Gasteiger partial charge in [0.2, 0.25) is 5.91 Å². The third-order valence-corrected chi connectivity index (χ3v) is 6.15. The summed E-state index contributed by atoms with van der Waals surface area (Å²) in [6.45, 7) is 2.09. The summed E-state index contributed by atoms with van der Waals surface area (Å²) in [7, 11) is 4.00. The Kier molecular flexibility index (Phi) is 6.61. The summed E-state index contributed by atoms with van der Waals surface area (Å²) in [5, 5.41) is 6.14. The molecule has 2 heterocycles. The molecule has 0 aliphatic heterocycles. The highest BCUT2D eigenvalue weighted by molar-refractivity contribution is 7.10. The van der Waals surface area contributed by atoms with Crippen molar-refractivity contribution in [1.29, 1.82) is 0 Å². The smallest absolute Gasteiger partial charge is 0.228 e. The zero-order chi connectivity index (χ0) is 22.5. The number of rotatable bonds is 7. The predicted octanol–water partition coefficient (Wildman–Crippen LogP) is 5.35. The molecule has 5 nitrogen and oxygen atoms in total. The molecule has 4 aromatic rings. The van der Waals surface area contributed by atoms with Crippen molar-refractivity contribution >= 4 is 28.6 Å². The number of nitrogens with one attached hydrogen (secondary N) is 1. The minimum absolute atomic E-state index is 0.0227. The third-order valence-electron chi connectivity index (χ3n) is 5.30. The summed E-state index contributed by atoms with van der Waals surface area (Å²) in [6, 6.07) is 18.0. The summed E-state index contributed by atoms with van der Waals surface area (Å²) in [6.07, 6.45) is 4.66. The van der Waals surface area contributed by atoms with Crippen molar-refractivity contribution in [3.63, 3.8) is 0 Å². The Morgan fingerprint density at radius 3 is 2.62 bits per heavy atom. The van der Waals surface area contributed by atoms with Gasteiger partial charge in [0, 0.05) is 55.2 Å². The van der Waals surface area contributed by atoms with Crippen LogP contribution >= 0.6 is 11.3 Å². The molecule has 0 fully saturated rings. The quantitative estimate of drug-likeness (QED) is 0.419. The number of benzene rings is 2. The maximum absolute atomic E-state index is 12.6. The fourth-order valence-corrected chi connectivity index (χ4v) is 4.27. The van der Waals surface area contributed by atoms with E-state index in [9.17, 15) is 4.79 Å². The van der Waals surface area contributed by atoms with Crippen LogP contribution in [0.1, 0.15) is 21.7 Å². The highest BCUT2D eigenvalue weighted by Crippen LogP contribution is 2.25. The Morgan fingerprint density at radius 1 is 1.09 bits per heavy atom. The van der Waals surface area contributed by atoms with Crippen molar-refractivity contribution in [2.24, 2.45) is 0 Å². The average molecular weight is 443 g/mol. The monoisotopic (exact) mass is 442 g/mol. The fraction of sp³-hybridized carbons (Fsp3) is 0.192. The van der Waals surface area contributed by atoms with Crippen molar-refractivity contribution in [2.45, 2.75) is 19.8 Å². The average Bonchev–Trinajstić information content (AvgIpc) is 3.25. The molecule has 0 aliphatic rings. The van der Waals surface area contributed by atoms with Crippen LogP contribution in [-0.4, -0.2) is 30.0 Å². The second-order valence-corrected chi connectivity index (χ2v) is 8.91. The molecular weight excluding hydrogens is 416 g/mol. The van der Waals surface area contributed by atoms with E-state index in [4.69, 9.17) is 4.98 Å². The molecule has 4 rings (SSSR count). The van der Waals surface area contributed by atoms with Crippen LogP contribution in [0.2, 0.25) is 0 Å². The molecule has 162 valence electrons. The van der Waals surface area contributed by atoms with Crippen molar-refractivity contribution in [3.8, 4) is 11.3 Å². The number of amides is 1. The summed E-state index contributed by atoms with van der Waals surface area (Å²) in [5.74, 6) is -0.0227. The van der Waals surface area contributed by atoms with Gasteiger partial charge in [0.1, 0.15) is 0 Å². The van der Waals surface area contributed by atoms with Gasteiger partial charge in [0.25, 0.3) is 0 Å². The SMILES string of the molecule is Cc1ccc(NC(=O)Cc2ccc(N(C)C)cc2)cc1Cc1nc(-c2cccnc2)cs1. The van der Waals surface area contributed by atoms with Gasteiger partial charge in [-0.1, -0.05) is 18.2 Å². The van der Waals surface area contributed by atoms with E-state index in [2.05, 4.69) is 22.6 Å². The minimum Gasteiger partial charge on any atom is -0.378 e. The number of aryl methyl sites for hydroxylation is 1. The van der Waals surface area contributed by atoms with Crippen molar-refractivity contribution in [1.82, 2.24) is 9.97 Å². The normalized spacial score (nSPS) is 10.7. The molecule has 0 aliphatic carbocycles. The van der Waals surface area contributed by atoms with Gasteiger partial charge in [-0.3, -0.25) is 9.78 Å². The first-order valence-corrected chi connectivity index (χ1v) is 11.4. The van der Waals surface area contributed by atoms with Gasteiger partial charge in [-0.05, 0) is 60.0 Å². The van der Waals surface area contributed by atoms with Gasteiger partial charge in [-0.15, -0.1) is 11.3 Å². The van der Waals surface area contributed by atoms with Crippen LogP contribution in [-0.2, 0) is 17.6 Å². The largest absolute Gasteiger partial charge is 0.378 e. The van der Waals surface area contributed by atoms with Gasteiger partial charge in [-0.2, -0.15) is 0 Å². The molecule has 2 aromatic carbocycles. The van der Waals surface area contributed by atoms with E-state index >= 15 is 0 Å². The second-order valence-electron chi connectivity index (χ2n) is 7.97. The number of anilines is 2. The Bertz CT molecular complexity index is 1200. The van der Waals surface area contributed by atoms with E-state index in [0.29, 0.717) is 6.42 Å². The first-order chi connectivity index (χ1) is 15.5. The van der Waals surface area contributed by atoms with Gasteiger partial charge < -0.3 is 10.2 Å². The van der Waals surface area contributed by atoms with Gasteiger partial charge in [-0.25, -0.2) is 4.98 Å². The molecule has 2 aromatic heterocycles. The van der Waals surface area contributed by atoms with Gasteiger partial charge in [0.15, 0.2) is 0 Å². The maximum atomic E-state index is 12.6. The molecule has 0 spiro atoms. The molecule has 6 heteroatoms. The summed E-state index contributed by atoms with van der Waals surface area (Å²) in [4.78, 5) is 23.6. The predicted molar refractivity (Wildman–Crippen MR) is 132 cm³/mol. The Morgan fingerprint density at radius 2 is 1.91 bits per heavy atom. The molecular formula is C26H26N4OS. The Labute approximate surface area is 192 Å². The number of hydrogen-bond donors (Lipinski definition) is 1. The maximum Gasteiger partial charge on any atom is 0.228 e. The van der Waals surface area contributed by atoms with E-state index in [0.717, 1.165) is 45.2 Å². The van der Waals surface area contributed by atoms with Crippen LogP contribution in [0.4, 0.5) is 11.4 Å². The van der Waals surface area contributed by atoms with E-state index in [1.165, 1.54) is 5.56 Å². The van der Waals surface area contributed by atoms with Crippen LogP contribution in [0.15, 0.2) is 72.4 Å². The standard InChI is InChI=1S/C26H26N4OS/c1-18-6-9-22(28-25(31)13-19-7-10-23(11-8-19)30(2)3)14-21(18)15-26-29-24(17-32-26)20-5-4-12-27-16-20/h4-12,14,16-17H,13,15H2,1-3H3,(H,28,31). The van der Waals surface area contributed by atoms with Crippen LogP contribution < -0.4 is 10.2 Å². The molecule has 0 saturated heterocycles. The lowest BCUT2D eigenvalue weighted by Crippen LogP contribution is -2.15. The third kappa shape index (κ3) is 5.39. The first-order valence-electron chi connectivity index (χ1n) is 10.5. The van der Waals surface area contributed by atoms with E-state index in [-0.39, 0.29) is 5.91 Å². The molecule has 0 saturated carbocycles. The second kappa shape index (κ2) is 9.75. The number of carbonyl (C=O) groups excluding carboxylic acids is 1. The number of aromatic nitrogens is 2. The lowest BCUT2D eigenvalue weighted by atomic mass is 10.0. The number of nitrogens with zero attached hydrogens (tertiary/aromatic N) is 3. The van der Waals surface area contributed by atoms with E-state index in [1.54, 1.807) is 17.5 Å². The summed E-state index contributed by atoms with van der Waals surface area (Å²) < 4.78 is 0. The molecule has 0 atom stereocenters. The highest BCUT2D eigenvalue weighted by Gasteiger charge is 2.10. The van der Waals surface area contributed by atoms with E-state index < -0.39 is 0 Å². The Hall–Kier alpha value is -3.51. The number of hydrogen-bond acceptors (Lipinski definition) is 5. The molecule has 0 bridgehead atoms. The highest BCUT2D eigenvalue weighted by atomic mass is 32.1. The topological polar surface area (TPSA) is 58.1 Å². The fourth-order valence-electron chi connectivity index (χ4n) is 3.44. The van der Waals surface area contributed by atoms with Gasteiger partial charge >= 0.3 is 0 Å². The lowest BCUT2D eigenvalue weighted by Gasteiger charge is -2.13. The molecule has 1 N–H and O–H groups in total. The van der Waals surface area contributed by atoms with Crippen LogP contribution in [0.3, 0.4) is 0 Å². The molecule has 0 radical (unpaired) electrons. The van der Waals surface area contributed by atoms with Crippen molar-refractivity contribution in [3.05, 3.63) is 94.1 Å². The molecule has 32 heavy (non-hydrogen) atoms. The summed E-state index contributed by atoms with van der Waals surface area (Å²) in [5.41, 5.74) is 7.22. The number of pyridine rings is 1. The zero-order valence-corrected chi connectivity index (χ0v) is 19.3. The zero-order valence-electron chi connectivity index (χ0n) is 18.5. The Balaban J connectivity index is 1.42. The van der Waals surface area contributed by atoms with Crippen LogP contribution in [0.25, 0.3) is 11.3 Å². The van der Waals surface area contributed by atoms with Crippen molar-refractivity contribution < 1.29 is 4.79 Å².